The quantitative estimate of drug-likeness (QED) is 0.249. The molecule has 2 saturated carbocycles. The highest BCUT2D eigenvalue weighted by molar-refractivity contribution is 7.15. The van der Waals surface area contributed by atoms with Crippen LogP contribution in [-0.2, 0) is 19.1 Å². The number of amides is 1. The summed E-state index contributed by atoms with van der Waals surface area (Å²) >= 11 is 1.26. The Morgan fingerprint density at radius 1 is 1.00 bits per heavy atom. The van der Waals surface area contributed by atoms with E-state index in [1.165, 1.54) is 18.4 Å². The molecule has 0 aliphatic heterocycles. The third-order valence-corrected chi connectivity index (χ3v) is 9.10. The normalized spacial score (nSPS) is 24.2. The molecule has 1 heterocycles. The molecule has 0 spiro atoms. The fraction of sp³-hybridized carbons (Fsp3) is 0.719. The summed E-state index contributed by atoms with van der Waals surface area (Å²) in [5.41, 5.74) is 0.353. The summed E-state index contributed by atoms with van der Waals surface area (Å²) in [6.45, 7) is 12.8. The van der Waals surface area contributed by atoms with Gasteiger partial charge in [0.1, 0.15) is 4.88 Å². The highest BCUT2D eigenvalue weighted by Crippen LogP contribution is 2.37. The zero-order valence-corrected chi connectivity index (χ0v) is 25.7. The van der Waals surface area contributed by atoms with Crippen LogP contribution in [0.5, 0.6) is 0 Å². The predicted molar refractivity (Wildman–Crippen MR) is 157 cm³/mol. The van der Waals surface area contributed by atoms with E-state index < -0.39 is 5.97 Å². The van der Waals surface area contributed by atoms with Crippen LogP contribution in [0.1, 0.15) is 114 Å². The molecule has 7 heteroatoms. The summed E-state index contributed by atoms with van der Waals surface area (Å²) < 4.78 is 10.8. The first-order valence-electron chi connectivity index (χ1n) is 14.6. The first-order valence-corrected chi connectivity index (χ1v) is 15.5. The summed E-state index contributed by atoms with van der Waals surface area (Å²) in [6.07, 6.45) is 8.10. The molecule has 2 fully saturated rings. The van der Waals surface area contributed by atoms with Gasteiger partial charge in [-0.15, -0.1) is 11.3 Å². The second kappa shape index (κ2) is 13.8. The zero-order valence-electron chi connectivity index (χ0n) is 24.9. The van der Waals surface area contributed by atoms with Crippen molar-refractivity contribution in [2.24, 2.45) is 29.1 Å². The number of esters is 2. The summed E-state index contributed by atoms with van der Waals surface area (Å²) in [5, 5.41) is 0. The minimum Gasteiger partial charge on any atom is -0.465 e. The van der Waals surface area contributed by atoms with E-state index >= 15 is 0 Å². The second-order valence-electron chi connectivity index (χ2n) is 12.7. The molecule has 1 amide bonds. The highest BCUT2D eigenvalue weighted by Gasteiger charge is 2.35. The Balaban J connectivity index is 1.85. The number of anilines is 1. The Hall–Kier alpha value is -2.33. The molecule has 216 valence electrons. The van der Waals surface area contributed by atoms with Gasteiger partial charge in [0, 0.05) is 23.8 Å². The van der Waals surface area contributed by atoms with Crippen molar-refractivity contribution in [3.8, 4) is 11.8 Å². The van der Waals surface area contributed by atoms with E-state index in [1.54, 1.807) is 4.90 Å². The summed E-state index contributed by atoms with van der Waals surface area (Å²) in [7, 11) is 1.36. The Bertz CT molecular complexity index is 1060. The third kappa shape index (κ3) is 8.83. The second-order valence-corrected chi connectivity index (χ2v) is 13.8. The Kier molecular flexibility index (Phi) is 11.1. The Morgan fingerprint density at radius 2 is 1.56 bits per heavy atom. The lowest BCUT2D eigenvalue weighted by atomic mass is 9.82. The monoisotopic (exact) mass is 557 g/mol. The number of rotatable bonds is 8. The van der Waals surface area contributed by atoms with Crippen molar-refractivity contribution in [2.45, 2.75) is 105 Å². The van der Waals surface area contributed by atoms with Gasteiger partial charge in [-0.25, -0.2) is 4.79 Å². The van der Waals surface area contributed by atoms with Gasteiger partial charge in [-0.3, -0.25) is 9.59 Å². The molecule has 0 radical (unpaired) electrons. The molecule has 0 aromatic carbocycles. The highest BCUT2D eigenvalue weighted by atomic mass is 32.1. The first kappa shape index (κ1) is 31.2. The van der Waals surface area contributed by atoms with Crippen LogP contribution in [0.3, 0.4) is 0 Å². The van der Waals surface area contributed by atoms with Crippen LogP contribution in [0.15, 0.2) is 6.07 Å². The summed E-state index contributed by atoms with van der Waals surface area (Å²) in [5.74, 6) is 7.02. The zero-order chi connectivity index (χ0) is 28.7. The number of methoxy groups -OCH3 is 1. The maximum Gasteiger partial charge on any atom is 0.350 e. The van der Waals surface area contributed by atoms with Gasteiger partial charge in [0.05, 0.1) is 30.2 Å². The fourth-order valence-electron chi connectivity index (χ4n) is 5.46. The Labute approximate surface area is 239 Å². The molecule has 0 saturated heterocycles. The molecule has 3 rings (SSSR count). The maximum atomic E-state index is 14.0. The average molecular weight is 558 g/mol. The smallest absolute Gasteiger partial charge is 0.350 e. The van der Waals surface area contributed by atoms with Gasteiger partial charge in [0.2, 0.25) is 5.91 Å². The number of ether oxygens (including phenoxy) is 2. The summed E-state index contributed by atoms with van der Waals surface area (Å²) in [4.78, 5) is 42.5. The standard InChI is InChI=1S/C32H47NO5S/c1-21-8-12-24(13-9-21)29(34)33(23(3)17-19-38-30(35)25-14-10-22(2)11-15-25)27-20-26(16-18-32(4,5)6)39-28(27)31(36)37-7/h20-25H,8-15,17,19H2,1-7H3. The van der Waals surface area contributed by atoms with E-state index in [4.69, 9.17) is 9.47 Å². The van der Waals surface area contributed by atoms with Crippen LogP contribution >= 0.6 is 11.3 Å². The molecule has 2 aliphatic rings. The van der Waals surface area contributed by atoms with E-state index in [9.17, 15) is 14.4 Å². The molecular formula is C32H47NO5S. The lowest BCUT2D eigenvalue weighted by molar-refractivity contribution is -0.150. The molecule has 2 aliphatic carbocycles. The molecule has 0 N–H and O–H groups in total. The van der Waals surface area contributed by atoms with E-state index in [0.29, 0.717) is 28.8 Å². The van der Waals surface area contributed by atoms with Gasteiger partial charge >= 0.3 is 11.9 Å². The topological polar surface area (TPSA) is 72.9 Å². The van der Waals surface area contributed by atoms with Crippen molar-refractivity contribution in [3.63, 3.8) is 0 Å². The van der Waals surface area contributed by atoms with Gasteiger partial charge in [0.25, 0.3) is 0 Å². The van der Waals surface area contributed by atoms with Crippen LogP contribution < -0.4 is 4.90 Å². The predicted octanol–water partition coefficient (Wildman–Crippen LogP) is 7.24. The molecule has 0 bridgehead atoms. The molecule has 1 atom stereocenters. The molecule has 1 unspecified atom stereocenters. The summed E-state index contributed by atoms with van der Waals surface area (Å²) in [6, 6.07) is 1.59. The van der Waals surface area contributed by atoms with Crippen LogP contribution in [0.25, 0.3) is 0 Å². The van der Waals surface area contributed by atoms with Crippen molar-refractivity contribution >= 4 is 34.9 Å². The van der Waals surface area contributed by atoms with Crippen LogP contribution in [-0.4, -0.2) is 37.6 Å². The number of thiophene rings is 1. The molecular weight excluding hydrogens is 510 g/mol. The lowest BCUT2D eigenvalue weighted by Crippen LogP contribution is -2.44. The number of carbonyl (C=O) groups is 3. The minimum atomic E-state index is -0.473. The van der Waals surface area contributed by atoms with Gasteiger partial charge in [0.15, 0.2) is 0 Å². The van der Waals surface area contributed by atoms with Crippen LogP contribution in [0.4, 0.5) is 5.69 Å². The number of hydrogen-bond donors (Lipinski definition) is 0. The molecule has 39 heavy (non-hydrogen) atoms. The van der Waals surface area contributed by atoms with Gasteiger partial charge in [-0.1, -0.05) is 25.7 Å². The Morgan fingerprint density at radius 3 is 2.10 bits per heavy atom. The van der Waals surface area contributed by atoms with E-state index in [2.05, 4.69) is 25.7 Å². The van der Waals surface area contributed by atoms with Gasteiger partial charge in [-0.2, -0.15) is 0 Å². The molecule has 1 aromatic heterocycles. The van der Waals surface area contributed by atoms with Crippen molar-refractivity contribution in [1.82, 2.24) is 0 Å². The van der Waals surface area contributed by atoms with Crippen molar-refractivity contribution in [1.29, 1.82) is 0 Å². The SMILES string of the molecule is COC(=O)c1sc(C#CC(C)(C)C)cc1N(C(=O)C1CCC(C)CC1)C(C)CCOC(=O)C1CCC(C)CC1. The van der Waals surface area contributed by atoms with Crippen LogP contribution in [0.2, 0.25) is 0 Å². The van der Waals surface area contributed by atoms with E-state index in [1.807, 2.05) is 33.8 Å². The van der Waals surface area contributed by atoms with Crippen molar-refractivity contribution in [2.75, 3.05) is 18.6 Å². The molecule has 1 aromatic rings. The van der Waals surface area contributed by atoms with Crippen molar-refractivity contribution in [3.05, 3.63) is 15.8 Å². The number of nitrogens with zero attached hydrogens (tertiary/aromatic N) is 1. The van der Waals surface area contributed by atoms with Gasteiger partial charge in [-0.05, 0) is 97.0 Å². The maximum absolute atomic E-state index is 14.0. The fourth-order valence-corrected chi connectivity index (χ4v) is 6.38. The average Bonchev–Trinajstić information content (AvgIpc) is 3.31. The van der Waals surface area contributed by atoms with Crippen LogP contribution in [0, 0.1) is 40.9 Å². The minimum absolute atomic E-state index is 0.0229. The largest absolute Gasteiger partial charge is 0.465 e. The number of hydrogen-bond acceptors (Lipinski definition) is 6. The lowest BCUT2D eigenvalue weighted by Gasteiger charge is -2.35. The van der Waals surface area contributed by atoms with E-state index in [-0.39, 0.29) is 41.8 Å². The van der Waals surface area contributed by atoms with Crippen molar-refractivity contribution < 1.29 is 23.9 Å². The molecule has 6 nitrogen and oxygen atoms in total. The van der Waals surface area contributed by atoms with E-state index in [0.717, 1.165) is 56.2 Å². The first-order chi connectivity index (χ1) is 18.4. The van der Waals surface area contributed by atoms with Gasteiger partial charge < -0.3 is 14.4 Å². The number of carbonyl (C=O) groups excluding carboxylic acids is 3. The third-order valence-electron chi connectivity index (χ3n) is 8.08.